The van der Waals surface area contributed by atoms with Crippen LogP contribution in [0.3, 0.4) is 0 Å². The van der Waals surface area contributed by atoms with Gasteiger partial charge in [-0.2, -0.15) is 0 Å². The fourth-order valence-electron chi connectivity index (χ4n) is 1.57. The molecule has 0 unspecified atom stereocenters. The highest BCUT2D eigenvalue weighted by Gasteiger charge is 2.21. The average Bonchev–Trinajstić information content (AvgIpc) is 2.34. The normalized spacial score (nSPS) is 14.5. The van der Waals surface area contributed by atoms with Crippen LogP contribution in [0.5, 0.6) is 11.5 Å². The zero-order valence-corrected chi connectivity index (χ0v) is 14.1. The molecule has 0 spiro atoms. The molecule has 0 aliphatic carbocycles. The standard InChI is InChI=1S/C12H6BrCl2O2PS/c13-18-16-9-3-1-7(14)5-11(9)19-12-6-8(15)2-4-10(12)17-18/h1-6H. The van der Waals surface area contributed by atoms with Gasteiger partial charge in [-0.1, -0.05) is 35.0 Å². The Labute approximate surface area is 134 Å². The van der Waals surface area contributed by atoms with Crippen molar-refractivity contribution < 1.29 is 9.05 Å². The third-order valence-corrected chi connectivity index (χ3v) is 5.47. The summed E-state index contributed by atoms with van der Waals surface area (Å²) < 4.78 is 11.5. The Morgan fingerprint density at radius 3 is 1.84 bits per heavy atom. The Bertz CT molecular complexity index is 588. The molecule has 0 saturated carbocycles. The van der Waals surface area contributed by atoms with E-state index in [9.17, 15) is 0 Å². The maximum absolute atomic E-state index is 6.03. The third kappa shape index (κ3) is 3.14. The van der Waals surface area contributed by atoms with Gasteiger partial charge < -0.3 is 9.05 Å². The lowest BCUT2D eigenvalue weighted by Crippen LogP contribution is -1.96. The Balaban J connectivity index is 2.11. The van der Waals surface area contributed by atoms with Crippen LogP contribution in [0, 0.1) is 0 Å². The molecule has 2 aromatic carbocycles. The molecule has 1 aliphatic heterocycles. The van der Waals surface area contributed by atoms with Crippen LogP contribution in [0.25, 0.3) is 0 Å². The van der Waals surface area contributed by atoms with E-state index < -0.39 is 7.08 Å². The lowest BCUT2D eigenvalue weighted by molar-refractivity contribution is 0.494. The first-order valence-corrected chi connectivity index (χ1v) is 9.97. The number of fused-ring (bicyclic) bond motifs is 2. The van der Waals surface area contributed by atoms with Crippen LogP contribution in [0.4, 0.5) is 0 Å². The summed E-state index contributed by atoms with van der Waals surface area (Å²) in [5.41, 5.74) is 0. The van der Waals surface area contributed by atoms with Crippen molar-refractivity contribution in [3.63, 3.8) is 0 Å². The summed E-state index contributed by atoms with van der Waals surface area (Å²) in [7, 11) is -1.21. The van der Waals surface area contributed by atoms with Crippen molar-refractivity contribution in [2.75, 3.05) is 0 Å². The van der Waals surface area contributed by atoms with Crippen molar-refractivity contribution in [1.82, 2.24) is 0 Å². The summed E-state index contributed by atoms with van der Waals surface area (Å²) >= 11 is 17.0. The van der Waals surface area contributed by atoms with Gasteiger partial charge in [-0.05, 0) is 36.4 Å². The highest BCUT2D eigenvalue weighted by atomic mass is 79.9. The number of benzene rings is 2. The number of halogens is 3. The van der Waals surface area contributed by atoms with E-state index >= 15 is 0 Å². The van der Waals surface area contributed by atoms with Gasteiger partial charge in [0.25, 0.3) is 0 Å². The van der Waals surface area contributed by atoms with Gasteiger partial charge in [-0.3, -0.25) is 0 Å². The first-order valence-electron chi connectivity index (χ1n) is 5.20. The second kappa shape index (κ2) is 5.71. The molecule has 0 atom stereocenters. The molecule has 19 heavy (non-hydrogen) atoms. The SMILES string of the molecule is Clc1ccc2c(c1)Sc1cc(Cl)ccc1OP(Br)O2. The van der Waals surface area contributed by atoms with Gasteiger partial charge in [0.15, 0.2) is 0 Å². The molecule has 1 aliphatic rings. The fourth-order valence-corrected chi connectivity index (χ4v) is 4.79. The van der Waals surface area contributed by atoms with Crippen LogP contribution < -0.4 is 9.05 Å². The Hall–Kier alpha value is -0.120. The van der Waals surface area contributed by atoms with Crippen molar-refractivity contribution in [3.8, 4) is 11.5 Å². The van der Waals surface area contributed by atoms with Gasteiger partial charge in [0.1, 0.15) is 11.5 Å². The number of hydrogen-bond acceptors (Lipinski definition) is 3. The molecule has 7 heteroatoms. The van der Waals surface area contributed by atoms with Crippen LogP contribution in [0.15, 0.2) is 46.2 Å². The van der Waals surface area contributed by atoms with Crippen molar-refractivity contribution >= 4 is 57.5 Å². The minimum atomic E-state index is -1.21. The predicted molar refractivity (Wildman–Crippen MR) is 84.1 cm³/mol. The molecule has 2 aromatic rings. The Morgan fingerprint density at radius 1 is 0.895 bits per heavy atom. The van der Waals surface area contributed by atoms with E-state index in [1.54, 1.807) is 12.1 Å². The molecule has 0 amide bonds. The van der Waals surface area contributed by atoms with E-state index in [2.05, 4.69) is 15.5 Å². The van der Waals surface area contributed by atoms with Crippen LogP contribution in [0.1, 0.15) is 0 Å². The molecule has 0 N–H and O–H groups in total. The molecule has 1 heterocycles. The summed E-state index contributed by atoms with van der Waals surface area (Å²) in [5.74, 6) is 1.48. The first-order chi connectivity index (χ1) is 9.11. The van der Waals surface area contributed by atoms with E-state index in [0.29, 0.717) is 10.0 Å². The van der Waals surface area contributed by atoms with Gasteiger partial charge in [0.2, 0.25) is 0 Å². The molecule has 2 nitrogen and oxygen atoms in total. The summed E-state index contributed by atoms with van der Waals surface area (Å²) in [4.78, 5) is 1.87. The molecule has 0 saturated heterocycles. The van der Waals surface area contributed by atoms with E-state index in [4.69, 9.17) is 32.2 Å². The predicted octanol–water partition coefficient (Wildman–Crippen LogP) is 6.54. The Kier molecular flexibility index (Phi) is 4.16. The van der Waals surface area contributed by atoms with Gasteiger partial charge in [-0.25, -0.2) is 0 Å². The molecule has 0 fully saturated rings. The van der Waals surface area contributed by atoms with Crippen LogP contribution >= 0.6 is 57.5 Å². The molecule has 3 rings (SSSR count). The highest BCUT2D eigenvalue weighted by Crippen LogP contribution is 2.55. The Morgan fingerprint density at radius 2 is 1.37 bits per heavy atom. The van der Waals surface area contributed by atoms with E-state index in [1.807, 2.05) is 24.3 Å². The van der Waals surface area contributed by atoms with Crippen molar-refractivity contribution in [2.45, 2.75) is 9.79 Å². The number of hydrogen-bond donors (Lipinski definition) is 0. The van der Waals surface area contributed by atoms with E-state index in [0.717, 1.165) is 21.3 Å². The highest BCUT2D eigenvalue weighted by molar-refractivity contribution is 9.38. The smallest absolute Gasteiger partial charge is 0.368 e. The molecular weight excluding hydrogens is 390 g/mol. The minimum Gasteiger partial charge on any atom is -0.430 e. The summed E-state index contributed by atoms with van der Waals surface area (Å²) in [6.45, 7) is 0. The minimum absolute atomic E-state index is 0.666. The lowest BCUT2D eigenvalue weighted by atomic mass is 10.3. The largest absolute Gasteiger partial charge is 0.430 e. The van der Waals surface area contributed by atoms with Gasteiger partial charge in [0.05, 0.1) is 9.79 Å². The fraction of sp³-hybridized carbons (Fsp3) is 0. The zero-order chi connectivity index (χ0) is 13.4. The summed E-state index contributed by atoms with van der Waals surface area (Å²) in [6.07, 6.45) is 0. The quantitative estimate of drug-likeness (QED) is 0.472. The second-order valence-electron chi connectivity index (χ2n) is 3.68. The molecule has 98 valence electrons. The van der Waals surface area contributed by atoms with Crippen molar-refractivity contribution in [3.05, 3.63) is 46.4 Å². The summed E-state index contributed by atoms with van der Waals surface area (Å²) in [5, 5.41) is 1.33. The zero-order valence-electron chi connectivity index (χ0n) is 9.27. The van der Waals surface area contributed by atoms with Gasteiger partial charge in [0, 0.05) is 25.5 Å². The second-order valence-corrected chi connectivity index (χ2v) is 8.16. The lowest BCUT2D eigenvalue weighted by Gasteiger charge is -2.20. The van der Waals surface area contributed by atoms with Gasteiger partial charge in [-0.15, -0.1) is 0 Å². The maximum atomic E-state index is 6.03. The van der Waals surface area contributed by atoms with Crippen LogP contribution in [-0.4, -0.2) is 0 Å². The monoisotopic (exact) mass is 394 g/mol. The van der Waals surface area contributed by atoms with Crippen molar-refractivity contribution in [2.24, 2.45) is 0 Å². The summed E-state index contributed by atoms with van der Waals surface area (Å²) in [6, 6.07) is 11.0. The topological polar surface area (TPSA) is 18.5 Å². The van der Waals surface area contributed by atoms with Crippen LogP contribution in [0.2, 0.25) is 10.0 Å². The number of rotatable bonds is 0. The molecule has 0 aromatic heterocycles. The molecular formula is C12H6BrCl2O2PS. The maximum Gasteiger partial charge on any atom is 0.368 e. The molecule has 0 radical (unpaired) electrons. The van der Waals surface area contributed by atoms with Crippen molar-refractivity contribution in [1.29, 1.82) is 0 Å². The molecule has 0 bridgehead atoms. The van der Waals surface area contributed by atoms with E-state index in [-0.39, 0.29) is 0 Å². The third-order valence-electron chi connectivity index (χ3n) is 2.37. The first kappa shape index (κ1) is 13.8. The average molecular weight is 396 g/mol. The van der Waals surface area contributed by atoms with Crippen LogP contribution in [-0.2, 0) is 0 Å². The van der Waals surface area contributed by atoms with E-state index in [1.165, 1.54) is 11.8 Å². The van der Waals surface area contributed by atoms with Gasteiger partial charge >= 0.3 is 7.08 Å².